The Labute approximate surface area is 142 Å². The summed E-state index contributed by atoms with van der Waals surface area (Å²) in [7, 11) is 0. The molecule has 2 aromatic carbocycles. The van der Waals surface area contributed by atoms with Crippen LogP contribution in [0.15, 0.2) is 54.6 Å². The van der Waals surface area contributed by atoms with E-state index >= 15 is 0 Å². The molecule has 0 aliphatic carbocycles. The van der Waals surface area contributed by atoms with Crippen molar-refractivity contribution in [2.24, 2.45) is 5.92 Å². The maximum absolute atomic E-state index is 12.4. The number of carbonyl (C=O) groups is 2. The van der Waals surface area contributed by atoms with Crippen molar-refractivity contribution in [2.45, 2.75) is 12.8 Å². The first kappa shape index (κ1) is 16.5. The van der Waals surface area contributed by atoms with Crippen molar-refractivity contribution in [3.63, 3.8) is 0 Å². The molecule has 1 atom stereocenters. The molecular weight excluding hydrogens is 393 g/mol. The third kappa shape index (κ3) is 4.84. The Morgan fingerprint density at radius 1 is 1.05 bits per heavy atom. The fraction of sp³-hybridized carbons (Fsp3) is 0.176. The van der Waals surface area contributed by atoms with Crippen molar-refractivity contribution in [1.82, 2.24) is 0 Å². The van der Waals surface area contributed by atoms with Gasteiger partial charge in [-0.3, -0.25) is 9.59 Å². The summed E-state index contributed by atoms with van der Waals surface area (Å²) in [5, 5.41) is 11.9. The van der Waals surface area contributed by atoms with E-state index < -0.39 is 11.9 Å². The van der Waals surface area contributed by atoms with Crippen LogP contribution in [0.3, 0.4) is 0 Å². The van der Waals surface area contributed by atoms with Crippen LogP contribution in [0.5, 0.6) is 0 Å². The number of carbonyl (C=O) groups excluding carboxylic acids is 1. The molecule has 1 amide bonds. The Kier molecular flexibility index (Phi) is 5.94. The van der Waals surface area contributed by atoms with Crippen LogP contribution < -0.4 is 5.32 Å². The molecular formula is C17H16INO3. The number of amides is 1. The van der Waals surface area contributed by atoms with Crippen molar-refractivity contribution >= 4 is 40.2 Å². The van der Waals surface area contributed by atoms with Gasteiger partial charge in [-0.1, -0.05) is 42.5 Å². The van der Waals surface area contributed by atoms with Crippen LogP contribution >= 0.6 is 22.6 Å². The lowest BCUT2D eigenvalue weighted by molar-refractivity contribution is -0.140. The van der Waals surface area contributed by atoms with Gasteiger partial charge in [0.2, 0.25) is 5.91 Å². The van der Waals surface area contributed by atoms with Crippen LogP contribution in [0.25, 0.3) is 0 Å². The Morgan fingerprint density at radius 3 is 2.32 bits per heavy atom. The molecule has 114 valence electrons. The number of anilines is 1. The molecule has 0 saturated heterocycles. The van der Waals surface area contributed by atoms with Crippen LogP contribution in [-0.4, -0.2) is 17.0 Å². The van der Waals surface area contributed by atoms with Gasteiger partial charge in [-0.2, -0.15) is 0 Å². The summed E-state index contributed by atoms with van der Waals surface area (Å²) in [6, 6.07) is 16.9. The van der Waals surface area contributed by atoms with Gasteiger partial charge < -0.3 is 10.4 Å². The van der Waals surface area contributed by atoms with Crippen LogP contribution in [0, 0.1) is 9.49 Å². The molecule has 0 fully saturated rings. The summed E-state index contributed by atoms with van der Waals surface area (Å²) in [4.78, 5) is 23.5. The Balaban J connectivity index is 2.12. The number of para-hydroxylation sites is 1. The monoisotopic (exact) mass is 409 g/mol. The minimum Gasteiger partial charge on any atom is -0.481 e. The SMILES string of the molecule is O=C(O)C[C@H](Cc1ccccc1)C(=O)Nc1ccccc1I. The number of hydrogen-bond donors (Lipinski definition) is 2. The Bertz CT molecular complexity index is 658. The lowest BCUT2D eigenvalue weighted by Crippen LogP contribution is -2.27. The van der Waals surface area contributed by atoms with Gasteiger partial charge in [-0.25, -0.2) is 0 Å². The molecule has 4 nitrogen and oxygen atoms in total. The molecule has 2 aromatic rings. The number of carboxylic acids is 1. The molecule has 22 heavy (non-hydrogen) atoms. The van der Waals surface area contributed by atoms with Gasteiger partial charge in [-0.05, 0) is 46.7 Å². The van der Waals surface area contributed by atoms with Gasteiger partial charge in [0.15, 0.2) is 0 Å². The topological polar surface area (TPSA) is 66.4 Å². The van der Waals surface area contributed by atoms with Crippen molar-refractivity contribution in [3.8, 4) is 0 Å². The fourth-order valence-electron chi connectivity index (χ4n) is 2.16. The molecule has 0 heterocycles. The smallest absolute Gasteiger partial charge is 0.304 e. The number of rotatable bonds is 6. The number of halogens is 1. The van der Waals surface area contributed by atoms with Gasteiger partial charge in [-0.15, -0.1) is 0 Å². The zero-order chi connectivity index (χ0) is 15.9. The highest BCUT2D eigenvalue weighted by Crippen LogP contribution is 2.20. The summed E-state index contributed by atoms with van der Waals surface area (Å²) >= 11 is 2.14. The van der Waals surface area contributed by atoms with Gasteiger partial charge in [0.05, 0.1) is 18.0 Å². The van der Waals surface area contributed by atoms with Crippen molar-refractivity contribution in [2.75, 3.05) is 5.32 Å². The van der Waals surface area contributed by atoms with Gasteiger partial charge in [0.1, 0.15) is 0 Å². The minimum absolute atomic E-state index is 0.190. The average molecular weight is 409 g/mol. The zero-order valence-electron chi connectivity index (χ0n) is 11.8. The normalized spacial score (nSPS) is 11.7. The van der Waals surface area contributed by atoms with Crippen LogP contribution in [0.4, 0.5) is 5.69 Å². The second-order valence-electron chi connectivity index (χ2n) is 4.95. The molecule has 5 heteroatoms. The minimum atomic E-state index is -0.973. The molecule has 0 spiro atoms. The molecule has 0 aliphatic heterocycles. The van der Waals surface area contributed by atoms with Gasteiger partial charge in [0.25, 0.3) is 0 Å². The summed E-state index contributed by atoms with van der Waals surface area (Å²) in [6.45, 7) is 0. The highest BCUT2D eigenvalue weighted by molar-refractivity contribution is 14.1. The number of carboxylic acid groups (broad SMARTS) is 1. The summed E-state index contributed by atoms with van der Waals surface area (Å²) in [5.74, 6) is -1.84. The standard InChI is InChI=1S/C17H16INO3/c18-14-8-4-5-9-15(14)19-17(22)13(11-16(20)21)10-12-6-2-1-3-7-12/h1-9,13H,10-11H2,(H,19,22)(H,20,21)/t13-/m0/s1. The van der Waals surface area contributed by atoms with Gasteiger partial charge in [0, 0.05) is 3.57 Å². The van der Waals surface area contributed by atoms with E-state index in [-0.39, 0.29) is 12.3 Å². The van der Waals surface area contributed by atoms with Crippen molar-refractivity contribution in [3.05, 3.63) is 63.7 Å². The third-order valence-electron chi connectivity index (χ3n) is 3.25. The highest BCUT2D eigenvalue weighted by Gasteiger charge is 2.22. The van der Waals surface area contributed by atoms with Crippen LogP contribution in [0.2, 0.25) is 0 Å². The first-order valence-electron chi connectivity index (χ1n) is 6.87. The Morgan fingerprint density at radius 2 is 1.68 bits per heavy atom. The number of aliphatic carboxylic acids is 1. The van der Waals surface area contributed by atoms with E-state index in [9.17, 15) is 9.59 Å². The van der Waals surface area contributed by atoms with Gasteiger partial charge >= 0.3 is 5.97 Å². The fourth-order valence-corrected chi connectivity index (χ4v) is 2.69. The molecule has 0 radical (unpaired) electrons. The summed E-state index contributed by atoms with van der Waals surface area (Å²) in [5.41, 5.74) is 1.66. The van der Waals surface area contributed by atoms with E-state index in [1.165, 1.54) is 0 Å². The average Bonchev–Trinajstić information content (AvgIpc) is 2.49. The Hall–Kier alpha value is -1.89. The predicted molar refractivity (Wildman–Crippen MR) is 93.7 cm³/mol. The number of hydrogen-bond acceptors (Lipinski definition) is 2. The molecule has 0 saturated carbocycles. The summed E-state index contributed by atoms with van der Waals surface area (Å²) < 4.78 is 0.919. The highest BCUT2D eigenvalue weighted by atomic mass is 127. The largest absolute Gasteiger partial charge is 0.481 e. The molecule has 2 N–H and O–H groups in total. The predicted octanol–water partition coefficient (Wildman–Crippen LogP) is 3.56. The van der Waals surface area contributed by atoms with E-state index in [2.05, 4.69) is 27.9 Å². The lowest BCUT2D eigenvalue weighted by Gasteiger charge is -2.16. The van der Waals surface area contributed by atoms with E-state index in [0.29, 0.717) is 12.1 Å². The molecule has 0 bridgehead atoms. The molecule has 0 unspecified atom stereocenters. The first-order valence-corrected chi connectivity index (χ1v) is 7.95. The second kappa shape index (κ2) is 7.93. The van der Waals surface area contributed by atoms with E-state index in [0.717, 1.165) is 9.13 Å². The lowest BCUT2D eigenvalue weighted by atomic mass is 9.95. The number of benzene rings is 2. The maximum atomic E-state index is 12.4. The van der Waals surface area contributed by atoms with Crippen LogP contribution in [0.1, 0.15) is 12.0 Å². The van der Waals surface area contributed by atoms with Crippen molar-refractivity contribution < 1.29 is 14.7 Å². The molecule has 0 aromatic heterocycles. The third-order valence-corrected chi connectivity index (χ3v) is 4.19. The number of nitrogens with one attached hydrogen (secondary N) is 1. The quantitative estimate of drug-likeness (QED) is 0.718. The molecule has 0 aliphatic rings. The summed E-state index contributed by atoms with van der Waals surface area (Å²) in [6.07, 6.45) is 0.215. The van der Waals surface area contributed by atoms with E-state index in [4.69, 9.17) is 5.11 Å². The van der Waals surface area contributed by atoms with E-state index in [1.807, 2.05) is 48.5 Å². The first-order chi connectivity index (χ1) is 10.6. The zero-order valence-corrected chi connectivity index (χ0v) is 14.0. The molecule has 2 rings (SSSR count). The van der Waals surface area contributed by atoms with E-state index in [1.54, 1.807) is 6.07 Å². The van der Waals surface area contributed by atoms with Crippen LogP contribution in [-0.2, 0) is 16.0 Å². The maximum Gasteiger partial charge on any atom is 0.304 e. The van der Waals surface area contributed by atoms with Crippen molar-refractivity contribution in [1.29, 1.82) is 0 Å². The second-order valence-corrected chi connectivity index (χ2v) is 6.12.